The highest BCUT2D eigenvalue weighted by Gasteiger charge is 2.52. The molecule has 1 rings (SSSR count). The Labute approximate surface area is 166 Å². The molecule has 0 saturated carbocycles. The van der Waals surface area contributed by atoms with Gasteiger partial charge in [-0.1, -0.05) is 20.8 Å². The van der Waals surface area contributed by atoms with Gasteiger partial charge in [0.1, 0.15) is 0 Å². The van der Waals surface area contributed by atoms with E-state index in [0.717, 1.165) is 0 Å². The zero-order valence-corrected chi connectivity index (χ0v) is 17.3. The van der Waals surface area contributed by atoms with Crippen LogP contribution in [0.4, 0.5) is 17.6 Å². The fourth-order valence-corrected chi connectivity index (χ4v) is 4.77. The molecule has 0 fully saturated rings. The molecule has 0 unspecified atom stereocenters. The van der Waals surface area contributed by atoms with E-state index in [1.165, 1.54) is 20.8 Å². The van der Waals surface area contributed by atoms with E-state index in [9.17, 15) is 31.9 Å². The molecule has 0 radical (unpaired) electrons. The lowest BCUT2D eigenvalue weighted by molar-refractivity contribution is -0.150. The van der Waals surface area contributed by atoms with Gasteiger partial charge in [0.25, 0.3) is 17.9 Å². The van der Waals surface area contributed by atoms with Crippen LogP contribution in [0.1, 0.15) is 52.0 Å². The fraction of sp³-hybridized carbons (Fsp3) is 0.500. The van der Waals surface area contributed by atoms with Crippen molar-refractivity contribution in [1.29, 1.82) is 0 Å². The van der Waals surface area contributed by atoms with E-state index in [4.69, 9.17) is 13.3 Å². The molecule has 0 atom stereocenters. The van der Waals surface area contributed by atoms with E-state index in [1.54, 1.807) is 0 Å². The maximum absolute atomic E-state index is 13.8. The summed E-state index contributed by atoms with van der Waals surface area (Å²) in [6, 6.07) is 0.210. The van der Waals surface area contributed by atoms with Gasteiger partial charge in [0.15, 0.2) is 23.3 Å². The number of hydrogen-bond donors (Lipinski definition) is 0. The van der Waals surface area contributed by atoms with Crippen molar-refractivity contribution < 1.29 is 45.2 Å². The van der Waals surface area contributed by atoms with Crippen LogP contribution in [0.25, 0.3) is 0 Å². The van der Waals surface area contributed by atoms with Crippen molar-refractivity contribution >= 4 is 26.7 Å². The molecule has 1 aromatic rings. The van der Waals surface area contributed by atoms with Crippen molar-refractivity contribution in [2.45, 2.75) is 58.9 Å². The Morgan fingerprint density at radius 1 is 0.793 bits per heavy atom. The van der Waals surface area contributed by atoms with Crippen molar-refractivity contribution in [2.75, 3.05) is 0 Å². The van der Waals surface area contributed by atoms with Gasteiger partial charge >= 0.3 is 8.80 Å². The van der Waals surface area contributed by atoms with Gasteiger partial charge in [0, 0.05) is 19.3 Å². The van der Waals surface area contributed by atoms with Gasteiger partial charge in [-0.05, 0) is 24.5 Å². The van der Waals surface area contributed by atoms with Crippen LogP contribution in [0, 0.1) is 23.3 Å². The van der Waals surface area contributed by atoms with Crippen LogP contribution in [0.5, 0.6) is 0 Å². The first-order valence-electron chi connectivity index (χ1n) is 9.06. The molecule has 0 aliphatic heterocycles. The van der Waals surface area contributed by atoms with Gasteiger partial charge in [0.05, 0.1) is 6.04 Å². The average molecular weight is 438 g/mol. The Morgan fingerprint density at radius 2 is 1.24 bits per heavy atom. The molecular formula is C18H22F4O6Si. The second-order valence-corrected chi connectivity index (χ2v) is 8.46. The molecule has 0 saturated heterocycles. The summed E-state index contributed by atoms with van der Waals surface area (Å²) in [4.78, 5) is 35.4. The van der Waals surface area contributed by atoms with Gasteiger partial charge in [-0.3, -0.25) is 14.4 Å². The van der Waals surface area contributed by atoms with E-state index in [-0.39, 0.29) is 38.1 Å². The summed E-state index contributed by atoms with van der Waals surface area (Å²) in [5.74, 6) is -9.35. The minimum atomic E-state index is -4.19. The highest BCUT2D eigenvalue weighted by atomic mass is 28.4. The Kier molecular flexibility index (Phi) is 9.28. The summed E-state index contributed by atoms with van der Waals surface area (Å²) < 4.78 is 69.2. The summed E-state index contributed by atoms with van der Waals surface area (Å²) in [5.41, 5.74) is -0.463. The summed E-state index contributed by atoms with van der Waals surface area (Å²) in [6.07, 6.45) is -0.717. The van der Waals surface area contributed by atoms with Crippen LogP contribution in [0.2, 0.25) is 6.04 Å². The molecule has 0 heterocycles. The van der Waals surface area contributed by atoms with E-state index < -0.39 is 55.5 Å². The third kappa shape index (κ3) is 6.84. The number of rotatable bonds is 10. The number of aryl methyl sites for hydroxylation is 1. The van der Waals surface area contributed by atoms with Crippen LogP contribution in [0.15, 0.2) is 6.07 Å². The van der Waals surface area contributed by atoms with Crippen LogP contribution in [-0.2, 0) is 34.1 Å². The lowest BCUT2D eigenvalue weighted by Gasteiger charge is -2.27. The van der Waals surface area contributed by atoms with Gasteiger partial charge < -0.3 is 13.3 Å². The van der Waals surface area contributed by atoms with Gasteiger partial charge in [-0.25, -0.2) is 17.6 Å². The van der Waals surface area contributed by atoms with Crippen molar-refractivity contribution in [1.82, 2.24) is 0 Å². The van der Waals surface area contributed by atoms with E-state index >= 15 is 0 Å². The summed E-state index contributed by atoms with van der Waals surface area (Å²) in [5, 5.41) is 0. The lowest BCUT2D eigenvalue weighted by Crippen LogP contribution is -2.50. The summed E-state index contributed by atoms with van der Waals surface area (Å²) >= 11 is 0. The second kappa shape index (κ2) is 10.9. The number of carbonyl (C=O) groups is 3. The van der Waals surface area contributed by atoms with Crippen LogP contribution >= 0.6 is 0 Å². The molecule has 6 nitrogen and oxygen atoms in total. The SMILES string of the molecule is CCC(=O)O[Si](CCCc1cc(F)c(F)c(F)c1F)(OC(=O)CC)OC(=O)CC. The molecule has 0 amide bonds. The van der Waals surface area contributed by atoms with E-state index in [2.05, 4.69) is 0 Å². The van der Waals surface area contributed by atoms with Crippen molar-refractivity contribution in [3.8, 4) is 0 Å². The number of benzene rings is 1. The molecule has 0 spiro atoms. The van der Waals surface area contributed by atoms with Crippen molar-refractivity contribution in [3.63, 3.8) is 0 Å². The second-order valence-electron chi connectivity index (χ2n) is 5.98. The van der Waals surface area contributed by atoms with Crippen LogP contribution in [-0.4, -0.2) is 26.7 Å². The first-order valence-corrected chi connectivity index (χ1v) is 11.0. The molecule has 1 aromatic carbocycles. The molecule has 0 aliphatic carbocycles. The Balaban J connectivity index is 3.10. The monoisotopic (exact) mass is 438 g/mol. The summed E-state index contributed by atoms with van der Waals surface area (Å²) in [6.45, 7) is 4.43. The minimum Gasteiger partial charge on any atom is -0.455 e. The van der Waals surface area contributed by atoms with Crippen molar-refractivity contribution in [3.05, 3.63) is 34.9 Å². The largest absolute Gasteiger partial charge is 0.705 e. The normalized spacial score (nSPS) is 11.1. The lowest BCUT2D eigenvalue weighted by atomic mass is 10.1. The summed E-state index contributed by atoms with van der Waals surface area (Å²) in [7, 11) is -4.19. The maximum Gasteiger partial charge on any atom is 0.705 e. The van der Waals surface area contributed by atoms with E-state index in [0.29, 0.717) is 6.07 Å². The van der Waals surface area contributed by atoms with Crippen LogP contribution in [0.3, 0.4) is 0 Å². The fourth-order valence-electron chi connectivity index (χ4n) is 2.25. The third-order valence-corrected chi connectivity index (χ3v) is 6.36. The van der Waals surface area contributed by atoms with Gasteiger partial charge in [-0.2, -0.15) is 0 Å². The first-order chi connectivity index (χ1) is 13.6. The quantitative estimate of drug-likeness (QED) is 0.238. The number of halogens is 4. The average Bonchev–Trinajstić information content (AvgIpc) is 2.69. The van der Waals surface area contributed by atoms with Gasteiger partial charge in [0.2, 0.25) is 0 Å². The highest BCUT2D eigenvalue weighted by Crippen LogP contribution is 2.25. The van der Waals surface area contributed by atoms with Gasteiger partial charge in [-0.15, -0.1) is 0 Å². The minimum absolute atomic E-state index is 0.0921. The Bertz CT molecular complexity index is 726. The third-order valence-electron chi connectivity index (χ3n) is 3.78. The molecule has 11 heteroatoms. The smallest absolute Gasteiger partial charge is 0.455 e. The standard InChI is InChI=1S/C18H22F4O6Si/c1-4-13(23)26-29(27-14(24)5-2,28-15(25)6-3)9-7-8-11-10-12(19)17(21)18(22)16(11)20/h10H,4-9H2,1-3H3. The Morgan fingerprint density at radius 3 is 1.66 bits per heavy atom. The zero-order valence-electron chi connectivity index (χ0n) is 16.3. The van der Waals surface area contributed by atoms with Crippen LogP contribution < -0.4 is 0 Å². The predicted octanol–water partition coefficient (Wildman–Crippen LogP) is 3.97. The maximum atomic E-state index is 13.8. The van der Waals surface area contributed by atoms with Crippen molar-refractivity contribution in [2.24, 2.45) is 0 Å². The highest BCUT2D eigenvalue weighted by molar-refractivity contribution is 6.65. The molecule has 29 heavy (non-hydrogen) atoms. The molecule has 0 N–H and O–H groups in total. The molecule has 0 aliphatic rings. The molecule has 162 valence electrons. The first kappa shape index (κ1) is 24.6. The molecule has 0 bridgehead atoms. The number of hydrogen-bond acceptors (Lipinski definition) is 6. The predicted molar refractivity (Wildman–Crippen MR) is 94.3 cm³/mol. The Hall–Kier alpha value is -2.43. The topological polar surface area (TPSA) is 78.9 Å². The van der Waals surface area contributed by atoms with E-state index in [1.807, 2.05) is 0 Å². The molecule has 0 aromatic heterocycles. The zero-order chi connectivity index (χ0) is 22.2. The number of carbonyl (C=O) groups excluding carboxylic acids is 3. The molecular weight excluding hydrogens is 416 g/mol.